The second-order valence-corrected chi connectivity index (χ2v) is 9.80. The number of carbonyl (C=O) groups is 1. The first-order chi connectivity index (χ1) is 13.4. The van der Waals surface area contributed by atoms with Crippen molar-refractivity contribution in [1.82, 2.24) is 9.62 Å². The van der Waals surface area contributed by atoms with Crippen LogP contribution in [0.15, 0.2) is 36.4 Å². The third-order valence-electron chi connectivity index (χ3n) is 4.93. The molecule has 0 fully saturated rings. The molecule has 0 aliphatic rings. The van der Waals surface area contributed by atoms with Gasteiger partial charge in [0.1, 0.15) is 6.54 Å². The number of rotatable bonds is 7. The van der Waals surface area contributed by atoms with Crippen molar-refractivity contribution in [2.24, 2.45) is 0 Å². The summed E-state index contributed by atoms with van der Waals surface area (Å²) in [4.78, 5) is 12.8. The average molecular weight is 418 g/mol. The highest BCUT2D eigenvalue weighted by Gasteiger charge is 2.29. The van der Waals surface area contributed by atoms with Crippen molar-refractivity contribution in [2.75, 3.05) is 24.9 Å². The summed E-state index contributed by atoms with van der Waals surface area (Å²) in [6, 6.07) is 11.4. The molecule has 0 unspecified atom stereocenters. The van der Waals surface area contributed by atoms with Crippen molar-refractivity contribution in [3.05, 3.63) is 64.2 Å². The van der Waals surface area contributed by atoms with E-state index in [0.29, 0.717) is 5.69 Å². The molecule has 2 aromatic rings. The highest BCUT2D eigenvalue weighted by Crippen LogP contribution is 2.25. The quantitative estimate of drug-likeness (QED) is 0.751. The summed E-state index contributed by atoms with van der Waals surface area (Å²) >= 11 is 0. The van der Waals surface area contributed by atoms with Crippen molar-refractivity contribution >= 4 is 21.8 Å². The van der Waals surface area contributed by atoms with Crippen LogP contribution < -0.4 is 9.62 Å². The maximum atomic E-state index is 12.9. The Bertz CT molecular complexity index is 1000. The largest absolute Gasteiger partial charge is 0.348 e. The van der Waals surface area contributed by atoms with Gasteiger partial charge in [0, 0.05) is 14.1 Å². The van der Waals surface area contributed by atoms with Crippen molar-refractivity contribution < 1.29 is 13.2 Å². The normalized spacial score (nSPS) is 12.7. The van der Waals surface area contributed by atoms with Crippen LogP contribution in [-0.4, -0.2) is 39.3 Å². The summed E-state index contributed by atoms with van der Waals surface area (Å²) in [5.74, 6) is -0.358. The number of carbonyl (C=O) groups excluding carboxylic acids is 1. The predicted octanol–water partition coefficient (Wildman–Crippen LogP) is 3.41. The lowest BCUT2D eigenvalue weighted by Gasteiger charge is -2.29. The molecule has 2 rings (SSSR count). The maximum absolute atomic E-state index is 12.9. The van der Waals surface area contributed by atoms with Gasteiger partial charge in [0.05, 0.1) is 11.7 Å². The minimum atomic E-state index is -3.83. The van der Waals surface area contributed by atoms with E-state index in [1.165, 1.54) is 18.4 Å². The lowest BCUT2D eigenvalue weighted by molar-refractivity contribution is -0.120. The molecule has 0 aliphatic carbocycles. The summed E-state index contributed by atoms with van der Waals surface area (Å²) in [5, 5.41) is 2.94. The Kier molecular flexibility index (Phi) is 7.08. The fraction of sp³-hybridized carbons (Fsp3) is 0.409. The van der Waals surface area contributed by atoms with Crippen molar-refractivity contribution in [2.45, 2.75) is 40.7 Å². The van der Waals surface area contributed by atoms with E-state index in [9.17, 15) is 13.2 Å². The van der Waals surface area contributed by atoms with Gasteiger partial charge in [-0.1, -0.05) is 35.9 Å². The van der Waals surface area contributed by atoms with Crippen molar-refractivity contribution in [3.63, 3.8) is 0 Å². The van der Waals surface area contributed by atoms with Gasteiger partial charge in [-0.15, -0.1) is 0 Å². The van der Waals surface area contributed by atoms with E-state index in [1.807, 2.05) is 58.9 Å². The predicted molar refractivity (Wildman–Crippen MR) is 118 cm³/mol. The van der Waals surface area contributed by atoms with Crippen LogP contribution in [0.5, 0.6) is 0 Å². The van der Waals surface area contributed by atoms with E-state index in [0.717, 1.165) is 32.1 Å². The van der Waals surface area contributed by atoms with E-state index in [2.05, 4.69) is 11.4 Å². The summed E-state index contributed by atoms with van der Waals surface area (Å²) < 4.78 is 28.2. The second kappa shape index (κ2) is 8.97. The molecule has 1 amide bonds. The minimum Gasteiger partial charge on any atom is -0.348 e. The number of nitrogens with one attached hydrogen (secondary N) is 1. The number of benzene rings is 2. The SMILES string of the molecule is Cc1ccc([C@@H](C)NC(=O)CN(c2cc(C)ccc2C)S(=O)(=O)N(C)C)c(C)c1. The van der Waals surface area contributed by atoms with Crippen molar-refractivity contribution in [1.29, 1.82) is 0 Å². The zero-order valence-corrected chi connectivity index (χ0v) is 19.1. The van der Waals surface area contributed by atoms with E-state index >= 15 is 0 Å². The molecular formula is C22H31N3O3S. The highest BCUT2D eigenvalue weighted by atomic mass is 32.2. The molecule has 0 radical (unpaired) electrons. The van der Waals surface area contributed by atoms with Gasteiger partial charge in [-0.2, -0.15) is 12.7 Å². The molecule has 158 valence electrons. The van der Waals surface area contributed by atoms with E-state index in [-0.39, 0.29) is 18.5 Å². The Morgan fingerprint density at radius 3 is 2.14 bits per heavy atom. The van der Waals surface area contributed by atoms with Crippen LogP contribution in [-0.2, 0) is 15.0 Å². The Morgan fingerprint density at radius 1 is 0.966 bits per heavy atom. The van der Waals surface area contributed by atoms with E-state index in [4.69, 9.17) is 0 Å². The standard InChI is InChI=1S/C22H31N3O3S/c1-15-9-11-20(18(4)12-15)19(5)23-22(26)14-25(29(27,28)24(6)7)21-13-16(2)8-10-17(21)3/h8-13,19H,14H2,1-7H3,(H,23,26)/t19-/m1/s1. The smallest absolute Gasteiger partial charge is 0.304 e. The lowest BCUT2D eigenvalue weighted by atomic mass is 10.0. The van der Waals surface area contributed by atoms with E-state index < -0.39 is 10.2 Å². The lowest BCUT2D eigenvalue weighted by Crippen LogP contribution is -2.46. The first-order valence-electron chi connectivity index (χ1n) is 9.57. The average Bonchev–Trinajstić information content (AvgIpc) is 2.61. The summed E-state index contributed by atoms with van der Waals surface area (Å²) in [6.45, 7) is 9.37. The molecule has 0 aliphatic heterocycles. The molecule has 0 saturated carbocycles. The number of anilines is 1. The Hall–Kier alpha value is -2.38. The van der Waals surface area contributed by atoms with Crippen LogP contribution in [0.3, 0.4) is 0 Å². The summed E-state index contributed by atoms with van der Waals surface area (Å²) in [6.07, 6.45) is 0. The number of nitrogens with zero attached hydrogens (tertiary/aromatic N) is 2. The number of hydrogen-bond acceptors (Lipinski definition) is 3. The van der Waals surface area contributed by atoms with Crippen LogP contribution in [0.1, 0.15) is 40.8 Å². The zero-order chi connectivity index (χ0) is 21.9. The monoisotopic (exact) mass is 417 g/mol. The first kappa shape index (κ1) is 22.9. The van der Waals surface area contributed by atoms with Gasteiger partial charge in [0.15, 0.2) is 0 Å². The van der Waals surface area contributed by atoms with Gasteiger partial charge in [-0.05, 0) is 62.9 Å². The van der Waals surface area contributed by atoms with Gasteiger partial charge in [0.2, 0.25) is 5.91 Å². The van der Waals surface area contributed by atoms with Gasteiger partial charge >= 0.3 is 10.2 Å². The maximum Gasteiger partial charge on any atom is 0.304 e. The van der Waals surface area contributed by atoms with Gasteiger partial charge in [-0.25, -0.2) is 4.31 Å². The third-order valence-corrected chi connectivity index (χ3v) is 6.74. The van der Waals surface area contributed by atoms with Crippen LogP contribution in [0.2, 0.25) is 0 Å². The molecule has 0 saturated heterocycles. The molecule has 0 spiro atoms. The Labute approximate surface area is 174 Å². The topological polar surface area (TPSA) is 69.7 Å². The molecule has 1 N–H and O–H groups in total. The molecule has 2 aromatic carbocycles. The third kappa shape index (κ3) is 5.36. The van der Waals surface area contributed by atoms with Gasteiger partial charge in [0.25, 0.3) is 0 Å². The van der Waals surface area contributed by atoms with Crippen LogP contribution in [0.4, 0.5) is 5.69 Å². The number of aryl methyl sites for hydroxylation is 4. The summed E-state index contributed by atoms with van der Waals surface area (Å²) in [5.41, 5.74) is 5.48. The minimum absolute atomic E-state index is 0.231. The number of amides is 1. The van der Waals surface area contributed by atoms with Crippen LogP contribution in [0, 0.1) is 27.7 Å². The number of hydrogen-bond donors (Lipinski definition) is 1. The molecule has 0 aromatic heterocycles. The van der Waals surface area contributed by atoms with E-state index in [1.54, 1.807) is 6.07 Å². The second-order valence-electron chi connectivity index (χ2n) is 7.74. The highest BCUT2D eigenvalue weighted by molar-refractivity contribution is 7.90. The molecule has 29 heavy (non-hydrogen) atoms. The molecule has 7 heteroatoms. The Balaban J connectivity index is 2.31. The zero-order valence-electron chi connectivity index (χ0n) is 18.3. The van der Waals surface area contributed by atoms with Crippen molar-refractivity contribution in [3.8, 4) is 0 Å². The molecule has 0 bridgehead atoms. The molecule has 0 heterocycles. The van der Waals surface area contributed by atoms with Gasteiger partial charge < -0.3 is 5.32 Å². The molecular weight excluding hydrogens is 386 g/mol. The van der Waals surface area contributed by atoms with Crippen LogP contribution in [0.25, 0.3) is 0 Å². The first-order valence-corrected chi connectivity index (χ1v) is 11.0. The molecule has 6 nitrogen and oxygen atoms in total. The fourth-order valence-electron chi connectivity index (χ4n) is 3.28. The Morgan fingerprint density at radius 2 is 1.55 bits per heavy atom. The summed E-state index contributed by atoms with van der Waals surface area (Å²) in [7, 11) is -0.911. The van der Waals surface area contributed by atoms with Gasteiger partial charge in [-0.3, -0.25) is 4.79 Å². The molecule has 1 atom stereocenters. The fourth-order valence-corrected chi connectivity index (χ4v) is 4.40. The van der Waals surface area contributed by atoms with Crippen LogP contribution >= 0.6 is 0 Å².